The third kappa shape index (κ3) is 3.43. The second kappa shape index (κ2) is 5.81. The first-order chi connectivity index (χ1) is 8.67. The van der Waals surface area contributed by atoms with E-state index in [4.69, 9.17) is 10.3 Å². The number of nitrogens with zero attached hydrogens (tertiary/aromatic N) is 4. The molecule has 0 aliphatic rings. The van der Waals surface area contributed by atoms with Crippen molar-refractivity contribution in [3.05, 3.63) is 23.5 Å². The van der Waals surface area contributed by atoms with Crippen LogP contribution in [0.1, 0.15) is 30.8 Å². The third-order valence-corrected chi connectivity index (χ3v) is 3.00. The van der Waals surface area contributed by atoms with Gasteiger partial charge in [0.05, 0.1) is 5.75 Å². The highest BCUT2D eigenvalue weighted by atomic mass is 32.2. The van der Waals surface area contributed by atoms with Crippen LogP contribution in [0.2, 0.25) is 0 Å². The van der Waals surface area contributed by atoms with Gasteiger partial charge >= 0.3 is 0 Å². The maximum Gasteiger partial charge on any atom is 0.226 e. The Bertz CT molecular complexity index is 508. The van der Waals surface area contributed by atoms with E-state index in [9.17, 15) is 0 Å². The van der Waals surface area contributed by atoms with E-state index in [1.165, 1.54) is 11.8 Å². The lowest BCUT2D eigenvalue weighted by Gasteiger charge is -2.00. The topological polar surface area (TPSA) is 90.7 Å². The van der Waals surface area contributed by atoms with Gasteiger partial charge in [0.15, 0.2) is 11.0 Å². The second-order valence-electron chi connectivity index (χ2n) is 3.86. The summed E-state index contributed by atoms with van der Waals surface area (Å²) in [5.74, 6) is 2.39. The van der Waals surface area contributed by atoms with Crippen LogP contribution in [0.25, 0.3) is 0 Å². The zero-order chi connectivity index (χ0) is 13.0. The number of nitrogen functional groups attached to an aromatic ring is 1. The fraction of sp³-hybridized carbons (Fsp3) is 0.455. The number of nitrogens with two attached hydrogens (primary N) is 1. The van der Waals surface area contributed by atoms with Crippen LogP contribution in [-0.2, 0) is 12.2 Å². The smallest absolute Gasteiger partial charge is 0.226 e. The molecule has 0 bridgehead atoms. The van der Waals surface area contributed by atoms with Gasteiger partial charge < -0.3 is 10.3 Å². The predicted octanol–water partition coefficient (Wildman–Crippen LogP) is 2.00. The second-order valence-corrected chi connectivity index (χ2v) is 4.80. The van der Waals surface area contributed by atoms with Gasteiger partial charge in [-0.2, -0.15) is 4.98 Å². The molecule has 7 heteroatoms. The van der Waals surface area contributed by atoms with Crippen LogP contribution >= 0.6 is 11.8 Å². The Balaban J connectivity index is 1.97. The van der Waals surface area contributed by atoms with E-state index in [1.54, 1.807) is 6.07 Å². The molecule has 18 heavy (non-hydrogen) atoms. The average Bonchev–Trinajstić information content (AvgIpc) is 2.74. The lowest BCUT2D eigenvalue weighted by atomic mass is 10.3. The molecule has 6 nitrogen and oxygen atoms in total. The summed E-state index contributed by atoms with van der Waals surface area (Å²) in [7, 11) is 0. The van der Waals surface area contributed by atoms with Crippen LogP contribution in [0.4, 0.5) is 5.82 Å². The molecule has 0 amide bonds. The zero-order valence-corrected chi connectivity index (χ0v) is 11.2. The number of aromatic nitrogens is 4. The van der Waals surface area contributed by atoms with Gasteiger partial charge in [-0.25, -0.2) is 9.97 Å². The standard InChI is InChI=1S/C11H15N5OS/c1-3-4-10-15-9(16-17-10)6-18-11-13-7(2)5-8(12)14-11/h5H,3-4,6H2,1-2H3,(H2,12,13,14). The van der Waals surface area contributed by atoms with Gasteiger partial charge in [0.1, 0.15) is 5.82 Å². The Morgan fingerprint density at radius 1 is 1.33 bits per heavy atom. The Kier molecular flexibility index (Phi) is 4.14. The first-order valence-electron chi connectivity index (χ1n) is 5.72. The summed E-state index contributed by atoms with van der Waals surface area (Å²) in [6.45, 7) is 3.96. The van der Waals surface area contributed by atoms with Crippen LogP contribution in [-0.4, -0.2) is 20.1 Å². The van der Waals surface area contributed by atoms with Crippen LogP contribution in [0.5, 0.6) is 0 Å². The van der Waals surface area contributed by atoms with Gasteiger partial charge in [-0.1, -0.05) is 23.8 Å². The summed E-state index contributed by atoms with van der Waals surface area (Å²) in [5.41, 5.74) is 6.51. The minimum Gasteiger partial charge on any atom is -0.384 e. The van der Waals surface area contributed by atoms with Crippen molar-refractivity contribution in [3.8, 4) is 0 Å². The largest absolute Gasteiger partial charge is 0.384 e. The molecule has 2 aromatic heterocycles. The van der Waals surface area contributed by atoms with Gasteiger partial charge in [-0.15, -0.1) is 0 Å². The van der Waals surface area contributed by atoms with Gasteiger partial charge in [-0.05, 0) is 13.3 Å². The summed E-state index contributed by atoms with van der Waals surface area (Å²) in [5, 5.41) is 4.53. The lowest BCUT2D eigenvalue weighted by molar-refractivity contribution is 0.373. The summed E-state index contributed by atoms with van der Waals surface area (Å²) >= 11 is 1.45. The number of thioether (sulfide) groups is 1. The van der Waals surface area contributed by atoms with Crippen LogP contribution in [0.15, 0.2) is 15.7 Å². The minimum atomic E-state index is 0.477. The molecule has 0 radical (unpaired) electrons. The first-order valence-corrected chi connectivity index (χ1v) is 6.71. The number of anilines is 1. The van der Waals surface area contributed by atoms with Gasteiger partial charge in [-0.3, -0.25) is 0 Å². The van der Waals surface area contributed by atoms with Crippen molar-refractivity contribution in [1.82, 2.24) is 20.1 Å². The SMILES string of the molecule is CCCc1nc(CSc2nc(C)cc(N)n2)no1. The highest BCUT2D eigenvalue weighted by Gasteiger charge is 2.07. The molecule has 2 N–H and O–H groups in total. The Labute approximate surface area is 109 Å². The molecule has 2 heterocycles. The monoisotopic (exact) mass is 265 g/mol. The molecule has 0 saturated carbocycles. The van der Waals surface area contributed by atoms with E-state index in [0.717, 1.165) is 18.5 Å². The molecule has 0 saturated heterocycles. The number of hydrogen-bond acceptors (Lipinski definition) is 7. The normalized spacial score (nSPS) is 10.8. The van der Waals surface area contributed by atoms with Crippen molar-refractivity contribution in [2.75, 3.05) is 5.73 Å². The quantitative estimate of drug-likeness (QED) is 0.653. The molecule has 0 fully saturated rings. The average molecular weight is 265 g/mol. The molecule has 0 atom stereocenters. The van der Waals surface area contributed by atoms with Gasteiger partial charge in [0.25, 0.3) is 0 Å². The Morgan fingerprint density at radius 3 is 2.89 bits per heavy atom. The van der Waals surface area contributed by atoms with E-state index in [-0.39, 0.29) is 0 Å². The van der Waals surface area contributed by atoms with E-state index in [1.807, 2.05) is 6.92 Å². The summed E-state index contributed by atoms with van der Waals surface area (Å²) < 4.78 is 5.10. The summed E-state index contributed by atoms with van der Waals surface area (Å²) in [6.07, 6.45) is 1.80. The molecule has 0 aliphatic heterocycles. The molecular formula is C11H15N5OS. The van der Waals surface area contributed by atoms with Crippen molar-refractivity contribution < 1.29 is 4.52 Å². The minimum absolute atomic E-state index is 0.477. The molecule has 0 aliphatic carbocycles. The maximum absolute atomic E-state index is 5.66. The van der Waals surface area contributed by atoms with E-state index in [0.29, 0.717) is 28.4 Å². The van der Waals surface area contributed by atoms with Gasteiger partial charge in [0.2, 0.25) is 5.89 Å². The fourth-order valence-electron chi connectivity index (χ4n) is 1.42. The number of rotatable bonds is 5. The van der Waals surface area contributed by atoms with Crippen molar-refractivity contribution in [2.45, 2.75) is 37.6 Å². The van der Waals surface area contributed by atoms with Crippen molar-refractivity contribution in [2.24, 2.45) is 0 Å². The van der Waals surface area contributed by atoms with Crippen molar-refractivity contribution in [3.63, 3.8) is 0 Å². The third-order valence-electron chi connectivity index (χ3n) is 2.16. The molecule has 2 rings (SSSR count). The fourth-order valence-corrected chi connectivity index (χ4v) is 2.18. The van der Waals surface area contributed by atoms with Crippen LogP contribution in [0, 0.1) is 6.92 Å². The first kappa shape index (κ1) is 12.8. The highest BCUT2D eigenvalue weighted by Crippen LogP contribution is 2.19. The van der Waals surface area contributed by atoms with Gasteiger partial charge in [0, 0.05) is 18.2 Å². The molecule has 2 aromatic rings. The molecule has 96 valence electrons. The zero-order valence-electron chi connectivity index (χ0n) is 10.4. The molecule has 0 unspecified atom stereocenters. The summed E-state index contributed by atoms with van der Waals surface area (Å²) in [4.78, 5) is 12.7. The highest BCUT2D eigenvalue weighted by molar-refractivity contribution is 7.98. The maximum atomic E-state index is 5.66. The Hall–Kier alpha value is -1.63. The van der Waals surface area contributed by atoms with Crippen molar-refractivity contribution in [1.29, 1.82) is 0 Å². The Morgan fingerprint density at radius 2 is 2.17 bits per heavy atom. The van der Waals surface area contributed by atoms with Crippen LogP contribution < -0.4 is 5.73 Å². The predicted molar refractivity (Wildman–Crippen MR) is 69.0 cm³/mol. The van der Waals surface area contributed by atoms with Crippen LogP contribution in [0.3, 0.4) is 0 Å². The molecular weight excluding hydrogens is 250 g/mol. The van der Waals surface area contributed by atoms with E-state index < -0.39 is 0 Å². The molecule has 0 aromatic carbocycles. The van der Waals surface area contributed by atoms with Crippen molar-refractivity contribution >= 4 is 17.6 Å². The molecule has 0 spiro atoms. The summed E-state index contributed by atoms with van der Waals surface area (Å²) in [6, 6.07) is 1.73. The number of aryl methyl sites for hydroxylation is 2. The number of hydrogen-bond donors (Lipinski definition) is 1. The van der Waals surface area contributed by atoms with E-state index in [2.05, 4.69) is 27.0 Å². The van der Waals surface area contributed by atoms with E-state index >= 15 is 0 Å². The lowest BCUT2D eigenvalue weighted by Crippen LogP contribution is -1.97.